The van der Waals surface area contributed by atoms with Gasteiger partial charge in [0.05, 0.1) is 34.9 Å². The van der Waals surface area contributed by atoms with Gasteiger partial charge in [0.15, 0.2) is 0 Å². The minimum Gasteiger partial charge on any atom is -0.507 e. The molecule has 1 amide bonds. The van der Waals surface area contributed by atoms with E-state index in [9.17, 15) is 14.7 Å². The first kappa shape index (κ1) is 29.1. The summed E-state index contributed by atoms with van der Waals surface area (Å²) in [5.74, 6) is -0.959. The fraction of sp³-hybridized carbons (Fsp3) is 0.312. The lowest BCUT2D eigenvalue weighted by Crippen LogP contribution is -2.38. The molecule has 1 unspecified atom stereocenters. The SMILES string of the molecule is Cc1cc(/C(O)=C2/C(=O)C(=O)N(CCCN3CCOCC3)C2c2ccc(Cl)c(Cl)c2)ccc1OCc1ccccc1. The Balaban J connectivity index is 1.44. The van der Waals surface area contributed by atoms with E-state index in [0.29, 0.717) is 59.7 Å². The number of carbonyl (C=O) groups excluding carboxylic acids is 2. The molecule has 2 fully saturated rings. The average Bonchev–Trinajstić information content (AvgIpc) is 3.23. The number of nitrogens with zero attached hydrogens (tertiary/aromatic N) is 2. The van der Waals surface area contributed by atoms with E-state index in [2.05, 4.69) is 4.90 Å². The van der Waals surface area contributed by atoms with E-state index < -0.39 is 17.7 Å². The highest BCUT2D eigenvalue weighted by atomic mass is 35.5. The number of likely N-dealkylation sites (tertiary alicyclic amines) is 1. The molecular weight excluding hydrogens is 563 g/mol. The fourth-order valence-corrected chi connectivity index (χ4v) is 5.59. The van der Waals surface area contributed by atoms with Crippen LogP contribution >= 0.6 is 23.2 Å². The normalized spacial score (nSPS) is 19.1. The summed E-state index contributed by atoms with van der Waals surface area (Å²) in [6.07, 6.45) is 0.664. The Morgan fingerprint density at radius 2 is 1.73 bits per heavy atom. The van der Waals surface area contributed by atoms with Crippen LogP contribution in [-0.2, 0) is 20.9 Å². The van der Waals surface area contributed by atoms with Gasteiger partial charge in [0.2, 0.25) is 0 Å². The molecule has 0 saturated carbocycles. The Labute approximate surface area is 249 Å². The first-order valence-corrected chi connectivity index (χ1v) is 14.4. The predicted octanol–water partition coefficient (Wildman–Crippen LogP) is 6.02. The van der Waals surface area contributed by atoms with Gasteiger partial charge in [-0.25, -0.2) is 0 Å². The Kier molecular flexibility index (Phi) is 9.30. The second-order valence-corrected chi connectivity index (χ2v) is 11.0. The summed E-state index contributed by atoms with van der Waals surface area (Å²) in [4.78, 5) is 30.6. The third kappa shape index (κ3) is 6.60. The molecule has 7 nitrogen and oxygen atoms in total. The number of hydrogen-bond donors (Lipinski definition) is 1. The van der Waals surface area contributed by atoms with Crippen LogP contribution < -0.4 is 4.74 Å². The number of morpholine rings is 1. The van der Waals surface area contributed by atoms with Crippen molar-refractivity contribution in [2.24, 2.45) is 0 Å². The Bertz CT molecular complexity index is 1450. The molecule has 1 N–H and O–H groups in total. The van der Waals surface area contributed by atoms with Crippen LogP contribution in [0.25, 0.3) is 5.76 Å². The number of halogens is 2. The third-order valence-electron chi connectivity index (χ3n) is 7.46. The zero-order valence-electron chi connectivity index (χ0n) is 22.8. The van der Waals surface area contributed by atoms with Crippen LogP contribution in [0.5, 0.6) is 5.75 Å². The summed E-state index contributed by atoms with van der Waals surface area (Å²) in [6.45, 7) is 6.42. The lowest BCUT2D eigenvalue weighted by Gasteiger charge is -2.29. The lowest BCUT2D eigenvalue weighted by molar-refractivity contribution is -0.140. The first-order chi connectivity index (χ1) is 19.8. The van der Waals surface area contributed by atoms with Gasteiger partial charge >= 0.3 is 0 Å². The zero-order chi connectivity index (χ0) is 28.9. The highest BCUT2D eigenvalue weighted by molar-refractivity contribution is 6.46. The summed E-state index contributed by atoms with van der Waals surface area (Å²) in [6, 6.07) is 19.3. The van der Waals surface area contributed by atoms with Crippen LogP contribution in [0, 0.1) is 6.92 Å². The molecule has 9 heteroatoms. The van der Waals surface area contributed by atoms with Crippen molar-refractivity contribution < 1.29 is 24.2 Å². The van der Waals surface area contributed by atoms with Crippen molar-refractivity contribution in [3.05, 3.63) is 105 Å². The lowest BCUT2D eigenvalue weighted by atomic mass is 9.94. The maximum absolute atomic E-state index is 13.4. The molecule has 0 radical (unpaired) electrons. The van der Waals surface area contributed by atoms with E-state index in [4.69, 9.17) is 32.7 Å². The van der Waals surface area contributed by atoms with Crippen LogP contribution in [-0.4, -0.2) is 66.0 Å². The number of aryl methyl sites for hydroxylation is 1. The van der Waals surface area contributed by atoms with Gasteiger partial charge in [-0.3, -0.25) is 14.5 Å². The van der Waals surface area contributed by atoms with E-state index in [1.807, 2.05) is 37.3 Å². The van der Waals surface area contributed by atoms with Crippen molar-refractivity contribution in [1.29, 1.82) is 0 Å². The van der Waals surface area contributed by atoms with Gasteiger partial charge in [-0.15, -0.1) is 0 Å². The molecule has 5 rings (SSSR count). The number of rotatable bonds is 9. The van der Waals surface area contributed by atoms with Crippen molar-refractivity contribution in [2.75, 3.05) is 39.4 Å². The van der Waals surface area contributed by atoms with Gasteiger partial charge in [-0.05, 0) is 60.4 Å². The van der Waals surface area contributed by atoms with E-state index in [-0.39, 0.29) is 11.3 Å². The second kappa shape index (κ2) is 13.1. The van der Waals surface area contributed by atoms with E-state index in [1.165, 1.54) is 4.90 Å². The van der Waals surface area contributed by atoms with Crippen molar-refractivity contribution in [2.45, 2.75) is 26.0 Å². The predicted molar refractivity (Wildman–Crippen MR) is 159 cm³/mol. The number of ketones is 1. The largest absolute Gasteiger partial charge is 0.507 e. The smallest absolute Gasteiger partial charge is 0.295 e. The molecule has 0 spiro atoms. The number of carbonyl (C=O) groups is 2. The third-order valence-corrected chi connectivity index (χ3v) is 8.20. The number of benzene rings is 3. The summed E-state index contributed by atoms with van der Waals surface area (Å²) in [5.41, 5.74) is 2.87. The number of hydrogen-bond acceptors (Lipinski definition) is 6. The minimum absolute atomic E-state index is 0.0251. The van der Waals surface area contributed by atoms with Crippen molar-refractivity contribution in [1.82, 2.24) is 9.80 Å². The van der Waals surface area contributed by atoms with Crippen LogP contribution in [0.15, 0.2) is 72.3 Å². The average molecular weight is 596 g/mol. The van der Waals surface area contributed by atoms with Gasteiger partial charge in [-0.1, -0.05) is 59.6 Å². The molecular formula is C32H32Cl2N2O5. The van der Waals surface area contributed by atoms with E-state index in [1.54, 1.807) is 36.4 Å². The molecule has 0 aliphatic carbocycles. The molecule has 2 aliphatic rings. The number of Topliss-reactive ketones (excluding diaryl/α,β-unsaturated/α-hetero) is 1. The van der Waals surface area contributed by atoms with Crippen LogP contribution in [0.1, 0.15) is 34.7 Å². The fourth-order valence-electron chi connectivity index (χ4n) is 5.28. The summed E-state index contributed by atoms with van der Waals surface area (Å²) >= 11 is 12.5. The maximum atomic E-state index is 13.4. The molecule has 41 heavy (non-hydrogen) atoms. The quantitative estimate of drug-likeness (QED) is 0.185. The minimum atomic E-state index is -0.802. The molecule has 3 aromatic rings. The standard InChI is InChI=1S/C32H32Cl2N2O5/c1-21-18-24(9-11-27(21)41-20-22-6-3-2-4-7-22)30(37)28-29(23-8-10-25(33)26(34)19-23)36(32(39)31(28)38)13-5-12-35-14-16-40-17-15-35/h2-4,6-11,18-19,29,37H,5,12-17,20H2,1H3/b30-28-. The van der Waals surface area contributed by atoms with E-state index in [0.717, 1.165) is 30.8 Å². The summed E-state index contributed by atoms with van der Waals surface area (Å²) < 4.78 is 11.4. The molecule has 214 valence electrons. The number of amides is 1. The van der Waals surface area contributed by atoms with Crippen LogP contribution in [0.3, 0.4) is 0 Å². The topological polar surface area (TPSA) is 79.3 Å². The van der Waals surface area contributed by atoms with Crippen LogP contribution in [0.2, 0.25) is 10.0 Å². The van der Waals surface area contributed by atoms with Gasteiger partial charge in [0.25, 0.3) is 11.7 Å². The monoisotopic (exact) mass is 594 g/mol. The first-order valence-electron chi connectivity index (χ1n) is 13.6. The summed E-state index contributed by atoms with van der Waals surface area (Å²) in [5, 5.41) is 12.2. The molecule has 2 heterocycles. The van der Waals surface area contributed by atoms with Crippen molar-refractivity contribution >= 4 is 40.7 Å². The molecule has 2 aliphatic heterocycles. The number of aliphatic hydroxyl groups excluding tert-OH is 1. The molecule has 2 saturated heterocycles. The highest BCUT2D eigenvalue weighted by Gasteiger charge is 2.46. The maximum Gasteiger partial charge on any atom is 0.295 e. The van der Waals surface area contributed by atoms with E-state index >= 15 is 0 Å². The van der Waals surface area contributed by atoms with Crippen molar-refractivity contribution in [3.63, 3.8) is 0 Å². The molecule has 3 aromatic carbocycles. The zero-order valence-corrected chi connectivity index (χ0v) is 24.3. The molecule has 1 atom stereocenters. The Morgan fingerprint density at radius 3 is 2.44 bits per heavy atom. The van der Waals surface area contributed by atoms with Gasteiger partial charge < -0.3 is 19.5 Å². The highest BCUT2D eigenvalue weighted by Crippen LogP contribution is 2.41. The molecule has 0 bridgehead atoms. The van der Waals surface area contributed by atoms with Crippen LogP contribution in [0.4, 0.5) is 0 Å². The Morgan fingerprint density at radius 1 is 0.976 bits per heavy atom. The number of ether oxygens (including phenoxy) is 2. The van der Waals surface area contributed by atoms with Gasteiger partial charge in [0.1, 0.15) is 18.1 Å². The second-order valence-electron chi connectivity index (χ2n) is 10.2. The van der Waals surface area contributed by atoms with Gasteiger partial charge in [-0.2, -0.15) is 0 Å². The van der Waals surface area contributed by atoms with Gasteiger partial charge in [0, 0.05) is 31.7 Å². The Hall–Kier alpha value is -3.36. The number of aliphatic hydroxyl groups is 1. The molecule has 0 aromatic heterocycles. The summed E-state index contributed by atoms with van der Waals surface area (Å²) in [7, 11) is 0. The van der Waals surface area contributed by atoms with Crippen molar-refractivity contribution in [3.8, 4) is 5.75 Å².